The van der Waals surface area contributed by atoms with Gasteiger partial charge in [0, 0.05) is 33.2 Å². The summed E-state index contributed by atoms with van der Waals surface area (Å²) in [4.78, 5) is 13.7. The average Bonchev–Trinajstić information content (AvgIpc) is 2.52. The van der Waals surface area contributed by atoms with Gasteiger partial charge in [-0.25, -0.2) is 0 Å². The van der Waals surface area contributed by atoms with Crippen LogP contribution in [0.1, 0.15) is 19.3 Å². The first-order valence-corrected chi connectivity index (χ1v) is 7.33. The van der Waals surface area contributed by atoms with Crippen molar-refractivity contribution in [3.63, 3.8) is 0 Å². The van der Waals surface area contributed by atoms with Crippen molar-refractivity contribution in [1.82, 2.24) is 4.90 Å². The molecule has 0 fully saturated rings. The molecule has 0 aliphatic rings. The van der Waals surface area contributed by atoms with Crippen LogP contribution in [-0.2, 0) is 9.53 Å². The number of rotatable bonds is 11. The highest BCUT2D eigenvalue weighted by Gasteiger charge is 2.12. The molecule has 0 aliphatic heterocycles. The van der Waals surface area contributed by atoms with Gasteiger partial charge in [0.1, 0.15) is 5.75 Å². The molecule has 0 spiro atoms. The maximum Gasteiger partial charge on any atom is 0.222 e. The molecule has 1 aromatic rings. The minimum absolute atomic E-state index is 0.0146. The fraction of sp³-hybridized carbons (Fsp3) is 0.562. The van der Waals surface area contributed by atoms with E-state index in [1.54, 1.807) is 12.0 Å². The summed E-state index contributed by atoms with van der Waals surface area (Å²) in [6.07, 6.45) is 1.88. The number of aliphatic hydroxyl groups is 1. The second kappa shape index (κ2) is 11.1. The maximum absolute atomic E-state index is 12.1. The molecule has 118 valence electrons. The molecule has 0 radical (unpaired) electrons. The molecule has 0 aromatic heterocycles. The van der Waals surface area contributed by atoms with Gasteiger partial charge in [0.15, 0.2) is 0 Å². The maximum atomic E-state index is 12.1. The van der Waals surface area contributed by atoms with E-state index in [1.807, 2.05) is 30.3 Å². The van der Waals surface area contributed by atoms with Gasteiger partial charge in [-0.1, -0.05) is 18.2 Å². The lowest BCUT2D eigenvalue weighted by Gasteiger charge is -2.21. The summed E-state index contributed by atoms with van der Waals surface area (Å²) < 4.78 is 10.5. The minimum Gasteiger partial charge on any atom is -0.494 e. The minimum atomic E-state index is -0.0146. The summed E-state index contributed by atoms with van der Waals surface area (Å²) in [5.41, 5.74) is 0. The van der Waals surface area contributed by atoms with Gasteiger partial charge in [0.25, 0.3) is 0 Å². The summed E-state index contributed by atoms with van der Waals surface area (Å²) in [5.74, 6) is 0.870. The first kappa shape index (κ1) is 17.5. The van der Waals surface area contributed by atoms with E-state index >= 15 is 0 Å². The lowest BCUT2D eigenvalue weighted by Crippen LogP contribution is -2.35. The number of carbonyl (C=O) groups is 1. The molecular formula is C16H25NO4. The molecule has 0 atom stereocenters. The molecule has 0 saturated carbocycles. The standard InChI is InChI=1S/C16H25NO4/c1-20-13-6-10-17(11-12-18)16(19)9-5-14-21-15-7-3-2-4-8-15/h2-4,7-8,18H,5-6,9-14H2,1H3. The Morgan fingerprint density at radius 2 is 1.90 bits per heavy atom. The van der Waals surface area contributed by atoms with E-state index in [2.05, 4.69) is 0 Å². The van der Waals surface area contributed by atoms with Crippen molar-refractivity contribution in [2.75, 3.05) is 40.0 Å². The van der Waals surface area contributed by atoms with Crippen LogP contribution in [0.4, 0.5) is 0 Å². The van der Waals surface area contributed by atoms with Gasteiger partial charge in [-0.3, -0.25) is 4.79 Å². The number of ether oxygens (including phenoxy) is 2. The number of carbonyl (C=O) groups excluding carboxylic acids is 1. The third kappa shape index (κ3) is 7.68. The highest BCUT2D eigenvalue weighted by atomic mass is 16.5. The largest absolute Gasteiger partial charge is 0.494 e. The number of hydrogen-bond acceptors (Lipinski definition) is 4. The molecule has 1 amide bonds. The highest BCUT2D eigenvalue weighted by Crippen LogP contribution is 2.09. The average molecular weight is 295 g/mol. The number of para-hydroxylation sites is 1. The molecule has 1 aromatic carbocycles. The molecule has 1 rings (SSSR count). The summed E-state index contributed by atoms with van der Waals surface area (Å²) in [5, 5.41) is 9.01. The Labute approximate surface area is 126 Å². The van der Waals surface area contributed by atoms with Crippen LogP contribution in [0.2, 0.25) is 0 Å². The smallest absolute Gasteiger partial charge is 0.222 e. The Bertz CT molecular complexity index is 383. The quantitative estimate of drug-likeness (QED) is 0.631. The molecule has 0 heterocycles. The molecule has 21 heavy (non-hydrogen) atoms. The van der Waals surface area contributed by atoms with Gasteiger partial charge in [-0.2, -0.15) is 0 Å². The molecule has 5 nitrogen and oxygen atoms in total. The van der Waals surface area contributed by atoms with E-state index < -0.39 is 0 Å². The number of amides is 1. The van der Waals surface area contributed by atoms with E-state index in [4.69, 9.17) is 14.6 Å². The summed E-state index contributed by atoms with van der Waals surface area (Å²) in [6.45, 7) is 2.11. The van der Waals surface area contributed by atoms with Crippen LogP contribution in [-0.4, -0.2) is 55.9 Å². The Hall–Kier alpha value is -1.59. The lowest BCUT2D eigenvalue weighted by molar-refractivity contribution is -0.132. The predicted molar refractivity (Wildman–Crippen MR) is 81.3 cm³/mol. The summed E-state index contributed by atoms with van der Waals surface area (Å²) >= 11 is 0. The van der Waals surface area contributed by atoms with Gasteiger partial charge in [0.2, 0.25) is 5.91 Å². The van der Waals surface area contributed by atoms with Crippen molar-refractivity contribution in [2.45, 2.75) is 19.3 Å². The number of methoxy groups -OCH3 is 1. The van der Waals surface area contributed by atoms with E-state index in [1.165, 1.54) is 0 Å². The Kier molecular flexibility index (Phi) is 9.24. The van der Waals surface area contributed by atoms with Crippen molar-refractivity contribution in [3.8, 4) is 5.75 Å². The van der Waals surface area contributed by atoms with Gasteiger partial charge in [-0.15, -0.1) is 0 Å². The summed E-state index contributed by atoms with van der Waals surface area (Å²) in [7, 11) is 1.64. The zero-order chi connectivity index (χ0) is 15.3. The van der Waals surface area contributed by atoms with Crippen LogP contribution in [0.3, 0.4) is 0 Å². The van der Waals surface area contributed by atoms with Gasteiger partial charge < -0.3 is 19.5 Å². The topological polar surface area (TPSA) is 59.0 Å². The SMILES string of the molecule is COCCCN(CCO)C(=O)CCCOc1ccccc1. The molecule has 1 N–H and O–H groups in total. The van der Waals surface area contributed by atoms with Gasteiger partial charge in [-0.05, 0) is 25.0 Å². The zero-order valence-corrected chi connectivity index (χ0v) is 12.7. The third-order valence-electron chi connectivity index (χ3n) is 3.05. The van der Waals surface area contributed by atoms with Crippen molar-refractivity contribution < 1.29 is 19.4 Å². The highest BCUT2D eigenvalue weighted by molar-refractivity contribution is 5.76. The van der Waals surface area contributed by atoms with Crippen LogP contribution in [0.15, 0.2) is 30.3 Å². The molecule has 0 aliphatic carbocycles. The second-order valence-electron chi connectivity index (χ2n) is 4.72. The fourth-order valence-corrected chi connectivity index (χ4v) is 1.97. The zero-order valence-electron chi connectivity index (χ0n) is 12.7. The third-order valence-corrected chi connectivity index (χ3v) is 3.05. The van der Waals surface area contributed by atoms with Crippen molar-refractivity contribution in [3.05, 3.63) is 30.3 Å². The van der Waals surface area contributed by atoms with Crippen LogP contribution < -0.4 is 4.74 Å². The van der Waals surface area contributed by atoms with E-state index in [0.717, 1.165) is 12.2 Å². The number of benzene rings is 1. The van der Waals surface area contributed by atoms with Crippen LogP contribution in [0, 0.1) is 0 Å². The number of nitrogens with zero attached hydrogens (tertiary/aromatic N) is 1. The van der Waals surface area contributed by atoms with Crippen LogP contribution >= 0.6 is 0 Å². The van der Waals surface area contributed by atoms with Crippen molar-refractivity contribution >= 4 is 5.91 Å². The number of hydrogen-bond donors (Lipinski definition) is 1. The fourth-order valence-electron chi connectivity index (χ4n) is 1.97. The van der Waals surface area contributed by atoms with Gasteiger partial charge >= 0.3 is 0 Å². The molecular weight excluding hydrogens is 270 g/mol. The van der Waals surface area contributed by atoms with Crippen molar-refractivity contribution in [2.24, 2.45) is 0 Å². The molecule has 0 saturated heterocycles. The monoisotopic (exact) mass is 295 g/mol. The first-order valence-electron chi connectivity index (χ1n) is 7.33. The normalized spacial score (nSPS) is 10.4. The van der Waals surface area contributed by atoms with Crippen LogP contribution in [0.25, 0.3) is 0 Å². The van der Waals surface area contributed by atoms with Gasteiger partial charge in [0.05, 0.1) is 13.2 Å². The van der Waals surface area contributed by atoms with Crippen LogP contribution in [0.5, 0.6) is 5.75 Å². The van der Waals surface area contributed by atoms with Crippen molar-refractivity contribution in [1.29, 1.82) is 0 Å². The number of aliphatic hydroxyl groups excluding tert-OH is 1. The second-order valence-corrected chi connectivity index (χ2v) is 4.72. The molecule has 0 bridgehead atoms. The Morgan fingerprint density at radius 1 is 1.14 bits per heavy atom. The first-order chi connectivity index (χ1) is 10.3. The lowest BCUT2D eigenvalue weighted by atomic mass is 10.2. The summed E-state index contributed by atoms with van der Waals surface area (Å²) in [6, 6.07) is 9.55. The van der Waals surface area contributed by atoms with E-state index in [9.17, 15) is 4.79 Å². The predicted octanol–water partition coefficient (Wildman–Crippen LogP) is 1.70. The Morgan fingerprint density at radius 3 is 2.57 bits per heavy atom. The van der Waals surface area contributed by atoms with E-state index in [-0.39, 0.29) is 12.5 Å². The molecule has 5 heteroatoms. The van der Waals surface area contributed by atoms with E-state index in [0.29, 0.717) is 39.1 Å². The molecule has 0 unspecified atom stereocenters. The Balaban J connectivity index is 2.22.